The molecule has 2 fully saturated rings. The predicted octanol–water partition coefficient (Wildman–Crippen LogP) is 5.22. The summed E-state index contributed by atoms with van der Waals surface area (Å²) in [6.07, 6.45) is -6.46. The number of nitrogens with zero attached hydrogens (tertiary/aromatic N) is 3. The highest BCUT2D eigenvalue weighted by molar-refractivity contribution is 8.03. The van der Waals surface area contributed by atoms with Crippen molar-refractivity contribution in [1.29, 1.82) is 0 Å². The fourth-order valence-corrected chi connectivity index (χ4v) is 7.69. The summed E-state index contributed by atoms with van der Waals surface area (Å²) >= 11 is 1.28. The number of aromatic nitrogens is 2. The van der Waals surface area contributed by atoms with E-state index < -0.39 is 64.2 Å². The average Bonchev–Trinajstić information content (AvgIpc) is 3.72. The molecule has 3 atom stereocenters. The summed E-state index contributed by atoms with van der Waals surface area (Å²) in [4.78, 5) is 55.2. The molecule has 256 valence electrons. The zero-order valence-electron chi connectivity index (χ0n) is 26.3. The summed E-state index contributed by atoms with van der Waals surface area (Å²) in [6.45, 7) is 5.20. The van der Waals surface area contributed by atoms with Crippen LogP contribution in [0.2, 0.25) is 0 Å². The van der Waals surface area contributed by atoms with Crippen LogP contribution in [0.5, 0.6) is 0 Å². The third-order valence-electron chi connectivity index (χ3n) is 7.73. The van der Waals surface area contributed by atoms with Crippen LogP contribution in [-0.4, -0.2) is 68.6 Å². The first-order valence-electron chi connectivity index (χ1n) is 15.1. The Bertz CT molecular complexity index is 1800. The average molecular weight is 714 g/mol. The zero-order valence-corrected chi connectivity index (χ0v) is 27.9. The molecule has 2 aromatic carbocycles. The molecule has 1 aromatic heterocycles. The minimum absolute atomic E-state index is 0.0387. The number of fused-ring (bicyclic) bond motifs is 1. The maximum atomic E-state index is 14.5. The Kier molecular flexibility index (Phi) is 9.28. The standard InChI is InChI=1S/C33H30F3N5O6S2/c1-32(2,3)47-31(45)38-22-27(43)41-23(29(44)46-24(17-10-6-4-7-11-17)18-12-8-5-9-13-18)20(16-48-28(22)41)21(19-14-15-37-25(19)42)26-39-40-30(49-26)33(34,35)36/h4-13,16,22-24,28H,14-15H2,1-3H3,(H,37,42)(H,38,45)/t22-,23-,28-/m1/s1. The summed E-state index contributed by atoms with van der Waals surface area (Å²) in [5.41, 5.74) is 0.504. The van der Waals surface area contributed by atoms with Crippen molar-refractivity contribution in [2.45, 2.75) is 62.5 Å². The van der Waals surface area contributed by atoms with Crippen LogP contribution in [0.15, 0.2) is 77.2 Å². The molecule has 2 saturated heterocycles. The second-order valence-corrected chi connectivity index (χ2v) is 14.2. The van der Waals surface area contributed by atoms with E-state index in [0.717, 1.165) is 11.8 Å². The van der Waals surface area contributed by atoms with Gasteiger partial charge in [-0.1, -0.05) is 72.0 Å². The number of amides is 3. The molecule has 4 heterocycles. The Morgan fingerprint density at radius 1 is 1.00 bits per heavy atom. The van der Waals surface area contributed by atoms with Gasteiger partial charge in [-0.25, -0.2) is 9.59 Å². The molecule has 6 rings (SSSR count). The predicted molar refractivity (Wildman–Crippen MR) is 174 cm³/mol. The Labute approximate surface area is 286 Å². The van der Waals surface area contributed by atoms with Gasteiger partial charge in [-0.05, 0) is 43.7 Å². The quantitative estimate of drug-likeness (QED) is 0.192. The van der Waals surface area contributed by atoms with Crippen LogP contribution in [0.1, 0.15) is 54.4 Å². The number of hydrogen-bond donors (Lipinski definition) is 2. The number of thioether (sulfide) groups is 1. The molecular formula is C33H30F3N5O6S2. The van der Waals surface area contributed by atoms with E-state index in [1.807, 2.05) is 0 Å². The number of carbonyl (C=O) groups is 4. The first kappa shape index (κ1) is 34.2. The summed E-state index contributed by atoms with van der Waals surface area (Å²) in [5.74, 6) is -2.11. The van der Waals surface area contributed by atoms with Crippen LogP contribution >= 0.6 is 23.1 Å². The molecule has 11 nitrogen and oxygen atoms in total. The maximum absolute atomic E-state index is 14.5. The summed E-state index contributed by atoms with van der Waals surface area (Å²) < 4.78 is 52.5. The lowest BCUT2D eigenvalue weighted by atomic mass is 9.90. The van der Waals surface area contributed by atoms with Crippen molar-refractivity contribution < 1.29 is 41.8 Å². The molecular weight excluding hydrogens is 684 g/mol. The fraction of sp³-hybridized carbons (Fsp3) is 0.333. The number of alkyl carbamates (subject to hydrolysis) is 1. The van der Waals surface area contributed by atoms with Crippen molar-refractivity contribution in [3.63, 3.8) is 0 Å². The summed E-state index contributed by atoms with van der Waals surface area (Å²) in [5, 5.41) is 11.5. The van der Waals surface area contributed by atoms with Crippen molar-refractivity contribution in [3.05, 3.63) is 98.4 Å². The SMILES string of the molecule is CC(C)(C)OC(=O)N[C@@H]1C(=O)N2[C@@H](C(=O)OC(c3ccccc3)c3ccccc3)C(C(=C3CCNC3=O)c3nnc(C(F)(F)F)s3)=CS[C@H]12. The first-order chi connectivity index (χ1) is 23.2. The lowest BCUT2D eigenvalue weighted by Gasteiger charge is -2.52. The van der Waals surface area contributed by atoms with Crippen LogP contribution in [0.3, 0.4) is 0 Å². The highest BCUT2D eigenvalue weighted by atomic mass is 32.2. The van der Waals surface area contributed by atoms with Gasteiger partial charge in [0.05, 0.1) is 0 Å². The molecule has 0 bridgehead atoms. The van der Waals surface area contributed by atoms with Crippen LogP contribution in [-0.2, 0) is 30.0 Å². The smallest absolute Gasteiger partial charge is 0.445 e. The minimum atomic E-state index is -4.81. The van der Waals surface area contributed by atoms with Crippen LogP contribution in [0, 0.1) is 0 Å². The van der Waals surface area contributed by atoms with E-state index in [-0.39, 0.29) is 46.0 Å². The van der Waals surface area contributed by atoms with Gasteiger partial charge in [-0.3, -0.25) is 9.59 Å². The van der Waals surface area contributed by atoms with E-state index in [2.05, 4.69) is 20.8 Å². The number of nitrogens with one attached hydrogen (secondary N) is 2. The second-order valence-electron chi connectivity index (χ2n) is 12.3. The number of hydrogen-bond acceptors (Lipinski definition) is 10. The van der Waals surface area contributed by atoms with Crippen molar-refractivity contribution in [1.82, 2.24) is 25.7 Å². The second kappa shape index (κ2) is 13.3. The van der Waals surface area contributed by atoms with Crippen LogP contribution in [0.4, 0.5) is 18.0 Å². The highest BCUT2D eigenvalue weighted by Gasteiger charge is 2.58. The van der Waals surface area contributed by atoms with Gasteiger partial charge in [0.15, 0.2) is 12.1 Å². The van der Waals surface area contributed by atoms with Crippen molar-refractivity contribution in [2.75, 3.05) is 6.54 Å². The molecule has 2 N–H and O–H groups in total. The molecule has 3 aliphatic rings. The lowest BCUT2D eigenvalue weighted by molar-refractivity contribution is -0.164. The van der Waals surface area contributed by atoms with E-state index >= 15 is 0 Å². The van der Waals surface area contributed by atoms with Gasteiger partial charge in [0, 0.05) is 23.3 Å². The third kappa shape index (κ3) is 7.06. The summed E-state index contributed by atoms with van der Waals surface area (Å²) in [6, 6.07) is 15.2. The van der Waals surface area contributed by atoms with E-state index in [0.29, 0.717) is 11.1 Å². The van der Waals surface area contributed by atoms with E-state index in [4.69, 9.17) is 9.47 Å². The normalized spacial score (nSPS) is 21.7. The number of alkyl halides is 3. The number of esters is 1. The first-order valence-corrected chi connectivity index (χ1v) is 16.9. The van der Waals surface area contributed by atoms with Gasteiger partial charge in [-0.2, -0.15) is 13.2 Å². The van der Waals surface area contributed by atoms with Crippen molar-refractivity contribution in [3.8, 4) is 0 Å². The van der Waals surface area contributed by atoms with Gasteiger partial charge >= 0.3 is 18.2 Å². The van der Waals surface area contributed by atoms with Crippen molar-refractivity contribution in [2.24, 2.45) is 0 Å². The maximum Gasteiger partial charge on any atom is 0.445 e. The Balaban J connectivity index is 1.44. The molecule has 0 aliphatic carbocycles. The Hall–Kier alpha value is -4.70. The number of carbonyl (C=O) groups excluding carboxylic acids is 4. The molecule has 49 heavy (non-hydrogen) atoms. The highest BCUT2D eigenvalue weighted by Crippen LogP contribution is 2.47. The van der Waals surface area contributed by atoms with E-state index in [9.17, 15) is 32.3 Å². The molecule has 0 saturated carbocycles. The van der Waals surface area contributed by atoms with Gasteiger partial charge in [-0.15, -0.1) is 22.0 Å². The fourth-order valence-electron chi connectivity index (χ4n) is 5.66. The Morgan fingerprint density at radius 2 is 1.63 bits per heavy atom. The van der Waals surface area contributed by atoms with Crippen molar-refractivity contribution >= 4 is 52.5 Å². The number of benzene rings is 2. The topological polar surface area (TPSA) is 140 Å². The summed E-state index contributed by atoms with van der Waals surface area (Å²) in [7, 11) is 0. The largest absolute Gasteiger partial charge is 0.451 e. The van der Waals surface area contributed by atoms with Crippen LogP contribution < -0.4 is 10.6 Å². The Morgan fingerprint density at radius 3 is 2.16 bits per heavy atom. The van der Waals surface area contributed by atoms with Gasteiger partial charge in [0.2, 0.25) is 16.8 Å². The minimum Gasteiger partial charge on any atom is -0.451 e. The van der Waals surface area contributed by atoms with Crippen LogP contribution in [0.25, 0.3) is 5.57 Å². The number of rotatable bonds is 7. The third-order valence-corrected chi connectivity index (χ3v) is 9.88. The zero-order chi connectivity index (χ0) is 35.1. The number of β-lactam (4-membered cyclic amide) rings is 1. The van der Waals surface area contributed by atoms with Gasteiger partial charge in [0.1, 0.15) is 22.0 Å². The number of ether oxygens (including phenoxy) is 2. The van der Waals surface area contributed by atoms with E-state index in [1.165, 1.54) is 10.3 Å². The molecule has 0 radical (unpaired) electrons. The van der Waals surface area contributed by atoms with Gasteiger partial charge in [0.25, 0.3) is 0 Å². The molecule has 3 amide bonds. The van der Waals surface area contributed by atoms with Gasteiger partial charge < -0.3 is 25.0 Å². The number of halogens is 3. The molecule has 3 aromatic rings. The monoisotopic (exact) mass is 713 g/mol. The lowest BCUT2D eigenvalue weighted by Crippen LogP contribution is -2.74. The molecule has 0 spiro atoms. The molecule has 0 unspecified atom stereocenters. The molecule has 16 heteroatoms. The molecule has 3 aliphatic heterocycles. The van der Waals surface area contributed by atoms with E-state index in [1.54, 1.807) is 81.4 Å².